The van der Waals surface area contributed by atoms with Gasteiger partial charge in [0.25, 0.3) is 5.91 Å². The summed E-state index contributed by atoms with van der Waals surface area (Å²) in [5.74, 6) is 0.214. The number of fused-ring (bicyclic) bond motifs is 1. The Balaban J connectivity index is 1.88. The van der Waals surface area contributed by atoms with Crippen molar-refractivity contribution in [2.75, 3.05) is 25.0 Å². The lowest BCUT2D eigenvalue weighted by atomic mass is 9.93. The topological polar surface area (TPSA) is 32.3 Å². The van der Waals surface area contributed by atoms with E-state index in [0.717, 1.165) is 50.1 Å². The smallest absolute Gasteiger partial charge is 0.254 e. The van der Waals surface area contributed by atoms with Crippen LogP contribution in [-0.2, 0) is 6.42 Å². The van der Waals surface area contributed by atoms with Crippen molar-refractivity contribution in [3.05, 3.63) is 29.3 Å². The van der Waals surface area contributed by atoms with E-state index in [-0.39, 0.29) is 11.3 Å². The Labute approximate surface area is 115 Å². The van der Waals surface area contributed by atoms with Crippen molar-refractivity contribution in [2.24, 2.45) is 5.41 Å². The van der Waals surface area contributed by atoms with Crippen LogP contribution in [0.4, 0.5) is 5.69 Å². The number of benzene rings is 1. The fourth-order valence-electron chi connectivity index (χ4n) is 3.17. The molecule has 1 fully saturated rings. The minimum atomic E-state index is 0.214. The number of nitrogens with zero attached hydrogens (tertiary/aromatic N) is 1. The van der Waals surface area contributed by atoms with Crippen LogP contribution in [0.2, 0.25) is 0 Å². The number of carbonyl (C=O) groups excluding carboxylic acids is 1. The lowest BCUT2D eigenvalue weighted by Gasteiger charge is -2.24. The normalized spacial score (nSPS) is 20.8. The van der Waals surface area contributed by atoms with Gasteiger partial charge >= 0.3 is 0 Å². The minimum absolute atomic E-state index is 0.214. The van der Waals surface area contributed by atoms with Gasteiger partial charge in [-0.25, -0.2) is 0 Å². The van der Waals surface area contributed by atoms with Crippen LogP contribution in [0.15, 0.2) is 18.2 Å². The predicted molar refractivity (Wildman–Crippen MR) is 77.6 cm³/mol. The molecule has 19 heavy (non-hydrogen) atoms. The fraction of sp³-hybridized carbons (Fsp3) is 0.562. The number of carbonyl (C=O) groups is 1. The van der Waals surface area contributed by atoms with E-state index in [1.54, 1.807) is 0 Å². The molecule has 1 N–H and O–H groups in total. The SMILES string of the molecule is CC1(C)CCN(C(=O)c2cccc3c2CCCN3)C1. The van der Waals surface area contributed by atoms with E-state index in [1.165, 1.54) is 5.56 Å². The number of hydrogen-bond donors (Lipinski definition) is 1. The molecule has 1 amide bonds. The molecule has 0 spiro atoms. The maximum absolute atomic E-state index is 12.7. The van der Waals surface area contributed by atoms with Crippen molar-refractivity contribution in [1.82, 2.24) is 4.90 Å². The van der Waals surface area contributed by atoms with Crippen LogP contribution in [0.1, 0.15) is 42.6 Å². The summed E-state index contributed by atoms with van der Waals surface area (Å²) in [6.07, 6.45) is 3.23. The number of nitrogens with one attached hydrogen (secondary N) is 1. The molecule has 102 valence electrons. The molecule has 0 aromatic heterocycles. The molecule has 1 aromatic carbocycles. The summed E-state index contributed by atoms with van der Waals surface area (Å²) >= 11 is 0. The Bertz CT molecular complexity index is 507. The van der Waals surface area contributed by atoms with Gasteiger partial charge < -0.3 is 10.2 Å². The third-order valence-electron chi connectivity index (χ3n) is 4.29. The van der Waals surface area contributed by atoms with Gasteiger partial charge in [0, 0.05) is 30.9 Å². The van der Waals surface area contributed by atoms with E-state index in [9.17, 15) is 4.79 Å². The highest BCUT2D eigenvalue weighted by atomic mass is 16.2. The van der Waals surface area contributed by atoms with E-state index in [0.29, 0.717) is 0 Å². The highest BCUT2D eigenvalue weighted by Crippen LogP contribution is 2.32. The third-order valence-corrected chi connectivity index (χ3v) is 4.29. The van der Waals surface area contributed by atoms with E-state index in [2.05, 4.69) is 25.2 Å². The quantitative estimate of drug-likeness (QED) is 0.840. The first-order chi connectivity index (χ1) is 9.07. The average Bonchev–Trinajstić information content (AvgIpc) is 2.78. The van der Waals surface area contributed by atoms with E-state index >= 15 is 0 Å². The third kappa shape index (κ3) is 2.34. The molecular weight excluding hydrogens is 236 g/mol. The molecular formula is C16H22N2O. The second-order valence-electron chi connectivity index (χ2n) is 6.50. The molecule has 1 saturated heterocycles. The van der Waals surface area contributed by atoms with Crippen molar-refractivity contribution in [1.29, 1.82) is 0 Å². The van der Waals surface area contributed by atoms with Gasteiger partial charge in [0.2, 0.25) is 0 Å². The van der Waals surface area contributed by atoms with Gasteiger partial charge in [-0.1, -0.05) is 19.9 Å². The lowest BCUT2D eigenvalue weighted by Crippen LogP contribution is -2.31. The first-order valence-electron chi connectivity index (χ1n) is 7.22. The molecule has 3 nitrogen and oxygen atoms in total. The van der Waals surface area contributed by atoms with Crippen LogP contribution < -0.4 is 5.32 Å². The molecule has 3 heteroatoms. The molecule has 0 radical (unpaired) electrons. The highest BCUT2D eigenvalue weighted by molar-refractivity contribution is 5.97. The van der Waals surface area contributed by atoms with Crippen molar-refractivity contribution in [3.8, 4) is 0 Å². The van der Waals surface area contributed by atoms with Gasteiger partial charge in [-0.3, -0.25) is 4.79 Å². The second-order valence-corrected chi connectivity index (χ2v) is 6.50. The van der Waals surface area contributed by atoms with Crippen LogP contribution in [0.25, 0.3) is 0 Å². The van der Waals surface area contributed by atoms with E-state index in [1.807, 2.05) is 17.0 Å². The predicted octanol–water partition coefficient (Wildman–Crippen LogP) is 2.92. The Morgan fingerprint density at radius 2 is 2.21 bits per heavy atom. The van der Waals surface area contributed by atoms with Crippen LogP contribution >= 0.6 is 0 Å². The molecule has 2 heterocycles. The molecule has 2 aliphatic rings. The molecule has 1 aromatic rings. The van der Waals surface area contributed by atoms with Crippen LogP contribution in [0, 0.1) is 5.41 Å². The zero-order valence-electron chi connectivity index (χ0n) is 11.8. The highest BCUT2D eigenvalue weighted by Gasteiger charge is 2.33. The van der Waals surface area contributed by atoms with Crippen molar-refractivity contribution in [2.45, 2.75) is 33.1 Å². The monoisotopic (exact) mass is 258 g/mol. The first kappa shape index (κ1) is 12.5. The Hall–Kier alpha value is -1.51. The molecule has 0 atom stereocenters. The molecule has 3 rings (SSSR count). The van der Waals surface area contributed by atoms with Crippen molar-refractivity contribution >= 4 is 11.6 Å². The average molecular weight is 258 g/mol. The number of hydrogen-bond acceptors (Lipinski definition) is 2. The minimum Gasteiger partial charge on any atom is -0.385 e. The Morgan fingerprint density at radius 1 is 1.37 bits per heavy atom. The zero-order valence-corrected chi connectivity index (χ0v) is 11.8. The maximum atomic E-state index is 12.7. The van der Waals surface area contributed by atoms with Crippen molar-refractivity contribution in [3.63, 3.8) is 0 Å². The lowest BCUT2D eigenvalue weighted by molar-refractivity contribution is 0.0777. The second kappa shape index (κ2) is 4.55. The molecule has 0 aliphatic carbocycles. The molecule has 0 bridgehead atoms. The largest absolute Gasteiger partial charge is 0.385 e. The van der Waals surface area contributed by atoms with Crippen LogP contribution in [-0.4, -0.2) is 30.4 Å². The summed E-state index contributed by atoms with van der Waals surface area (Å²) in [6.45, 7) is 7.26. The summed E-state index contributed by atoms with van der Waals surface area (Å²) in [4.78, 5) is 14.7. The van der Waals surface area contributed by atoms with Gasteiger partial charge in [-0.2, -0.15) is 0 Å². The zero-order chi connectivity index (χ0) is 13.5. The van der Waals surface area contributed by atoms with Gasteiger partial charge in [-0.05, 0) is 42.4 Å². The number of rotatable bonds is 1. The first-order valence-corrected chi connectivity index (χ1v) is 7.22. The summed E-state index contributed by atoms with van der Waals surface area (Å²) in [6, 6.07) is 6.06. The van der Waals surface area contributed by atoms with E-state index < -0.39 is 0 Å². The van der Waals surface area contributed by atoms with Gasteiger partial charge in [0.15, 0.2) is 0 Å². The van der Waals surface area contributed by atoms with Gasteiger partial charge in [0.05, 0.1) is 0 Å². The summed E-state index contributed by atoms with van der Waals surface area (Å²) < 4.78 is 0. The molecule has 0 saturated carbocycles. The van der Waals surface area contributed by atoms with Crippen molar-refractivity contribution < 1.29 is 4.79 Å². The number of likely N-dealkylation sites (tertiary alicyclic amines) is 1. The molecule has 2 aliphatic heterocycles. The number of anilines is 1. The number of amides is 1. The standard InChI is InChI=1S/C16H22N2O/c1-16(2)8-10-18(11-16)15(19)13-5-3-7-14-12(13)6-4-9-17-14/h3,5,7,17H,4,6,8-11H2,1-2H3. The van der Waals surface area contributed by atoms with Gasteiger partial charge in [-0.15, -0.1) is 0 Å². The Kier molecular flexibility index (Phi) is 3.00. The summed E-state index contributed by atoms with van der Waals surface area (Å²) in [7, 11) is 0. The van der Waals surface area contributed by atoms with E-state index in [4.69, 9.17) is 0 Å². The summed E-state index contributed by atoms with van der Waals surface area (Å²) in [5, 5.41) is 3.39. The Morgan fingerprint density at radius 3 is 2.95 bits per heavy atom. The fourth-order valence-corrected chi connectivity index (χ4v) is 3.17. The van der Waals surface area contributed by atoms with Crippen LogP contribution in [0.3, 0.4) is 0 Å². The maximum Gasteiger partial charge on any atom is 0.254 e. The van der Waals surface area contributed by atoms with Crippen LogP contribution in [0.5, 0.6) is 0 Å². The molecule has 0 unspecified atom stereocenters. The van der Waals surface area contributed by atoms with Gasteiger partial charge in [0.1, 0.15) is 0 Å². The summed E-state index contributed by atoms with van der Waals surface area (Å²) in [5.41, 5.74) is 3.53.